The van der Waals surface area contributed by atoms with Crippen LogP contribution in [0.15, 0.2) is 43.0 Å². The minimum Gasteiger partial charge on any atom is -0.307 e. The SMILES string of the molecule is C=CCCC(C)NC(c1ccccc1)C(C)(C)C. The summed E-state index contributed by atoms with van der Waals surface area (Å²) in [6.07, 6.45) is 4.20. The van der Waals surface area contributed by atoms with Gasteiger partial charge in [0, 0.05) is 12.1 Å². The Kier molecular flexibility index (Phi) is 5.61. The van der Waals surface area contributed by atoms with Crippen LogP contribution >= 0.6 is 0 Å². The minimum atomic E-state index is 0.212. The molecule has 0 saturated heterocycles. The maximum atomic E-state index is 3.79. The number of hydrogen-bond acceptors (Lipinski definition) is 1. The molecule has 0 bridgehead atoms. The molecule has 2 atom stereocenters. The van der Waals surface area contributed by atoms with Crippen LogP contribution in [0.25, 0.3) is 0 Å². The molecule has 0 amide bonds. The number of nitrogens with one attached hydrogen (secondary N) is 1. The van der Waals surface area contributed by atoms with Gasteiger partial charge in [0.1, 0.15) is 0 Å². The van der Waals surface area contributed by atoms with Gasteiger partial charge in [0.05, 0.1) is 0 Å². The molecule has 0 spiro atoms. The summed E-state index contributed by atoms with van der Waals surface area (Å²) in [6.45, 7) is 12.9. The van der Waals surface area contributed by atoms with Gasteiger partial charge in [-0.2, -0.15) is 0 Å². The second-order valence-corrected chi connectivity index (χ2v) is 6.14. The molecule has 100 valence electrons. The summed E-state index contributed by atoms with van der Waals surface area (Å²) >= 11 is 0. The molecule has 2 unspecified atom stereocenters. The fourth-order valence-electron chi connectivity index (χ4n) is 2.23. The molecule has 18 heavy (non-hydrogen) atoms. The first kappa shape index (κ1) is 15.0. The van der Waals surface area contributed by atoms with Crippen molar-refractivity contribution in [3.8, 4) is 0 Å². The molecule has 1 rings (SSSR count). The lowest BCUT2D eigenvalue weighted by molar-refractivity contribution is 0.249. The predicted molar refractivity (Wildman–Crippen MR) is 80.7 cm³/mol. The highest BCUT2D eigenvalue weighted by Crippen LogP contribution is 2.33. The molecular formula is C17H27N. The summed E-state index contributed by atoms with van der Waals surface area (Å²) in [6, 6.07) is 11.6. The Morgan fingerprint density at radius 2 is 1.83 bits per heavy atom. The van der Waals surface area contributed by atoms with Crippen molar-refractivity contribution in [1.29, 1.82) is 0 Å². The van der Waals surface area contributed by atoms with Gasteiger partial charge in [0.15, 0.2) is 0 Å². The van der Waals surface area contributed by atoms with Crippen molar-refractivity contribution in [2.24, 2.45) is 5.41 Å². The second-order valence-electron chi connectivity index (χ2n) is 6.14. The maximum Gasteiger partial charge on any atom is 0.0371 e. The zero-order valence-corrected chi connectivity index (χ0v) is 12.2. The molecule has 0 fully saturated rings. The zero-order valence-electron chi connectivity index (χ0n) is 12.2. The van der Waals surface area contributed by atoms with E-state index in [0.29, 0.717) is 12.1 Å². The Bertz CT molecular complexity index is 348. The predicted octanol–water partition coefficient (Wildman–Crippen LogP) is 4.72. The van der Waals surface area contributed by atoms with Crippen LogP contribution in [0, 0.1) is 5.41 Å². The van der Waals surface area contributed by atoms with Crippen LogP contribution < -0.4 is 5.32 Å². The van der Waals surface area contributed by atoms with Gasteiger partial charge in [-0.15, -0.1) is 6.58 Å². The number of rotatable bonds is 6. The van der Waals surface area contributed by atoms with Crippen molar-refractivity contribution < 1.29 is 0 Å². The smallest absolute Gasteiger partial charge is 0.0371 e. The standard InChI is InChI=1S/C17H27N/c1-6-7-11-14(2)18-16(17(3,4)5)15-12-9-8-10-13-15/h6,8-10,12-14,16,18H,1,7,11H2,2-5H3. The molecule has 1 heteroatoms. The molecule has 0 aromatic heterocycles. The zero-order chi connectivity index (χ0) is 13.6. The number of benzene rings is 1. The lowest BCUT2D eigenvalue weighted by Crippen LogP contribution is -2.37. The summed E-state index contributed by atoms with van der Waals surface area (Å²) in [5.74, 6) is 0. The van der Waals surface area contributed by atoms with Crippen molar-refractivity contribution in [1.82, 2.24) is 5.32 Å². The monoisotopic (exact) mass is 245 g/mol. The average Bonchev–Trinajstić information content (AvgIpc) is 2.33. The first-order valence-electron chi connectivity index (χ1n) is 6.87. The average molecular weight is 245 g/mol. The van der Waals surface area contributed by atoms with Gasteiger partial charge in [-0.05, 0) is 30.7 Å². The van der Waals surface area contributed by atoms with E-state index in [1.165, 1.54) is 5.56 Å². The third kappa shape index (κ3) is 4.66. The third-order valence-corrected chi connectivity index (χ3v) is 3.25. The van der Waals surface area contributed by atoms with Gasteiger partial charge >= 0.3 is 0 Å². The molecule has 0 aliphatic rings. The topological polar surface area (TPSA) is 12.0 Å². The van der Waals surface area contributed by atoms with E-state index in [1.807, 2.05) is 6.08 Å². The molecule has 1 N–H and O–H groups in total. The molecule has 0 heterocycles. The molecule has 1 aromatic rings. The van der Waals surface area contributed by atoms with Crippen molar-refractivity contribution in [2.75, 3.05) is 0 Å². The first-order chi connectivity index (χ1) is 8.45. The van der Waals surface area contributed by atoms with E-state index in [0.717, 1.165) is 12.8 Å². The van der Waals surface area contributed by atoms with E-state index in [9.17, 15) is 0 Å². The minimum absolute atomic E-state index is 0.212. The van der Waals surface area contributed by atoms with Gasteiger partial charge < -0.3 is 5.32 Å². The van der Waals surface area contributed by atoms with Crippen molar-refractivity contribution in [3.05, 3.63) is 48.6 Å². The molecule has 1 nitrogen and oxygen atoms in total. The van der Waals surface area contributed by atoms with E-state index in [2.05, 4.69) is 69.9 Å². The van der Waals surface area contributed by atoms with Crippen molar-refractivity contribution >= 4 is 0 Å². The summed E-state index contributed by atoms with van der Waals surface area (Å²) in [5, 5.41) is 3.76. The first-order valence-corrected chi connectivity index (χ1v) is 6.87. The molecule has 0 radical (unpaired) electrons. The summed E-state index contributed by atoms with van der Waals surface area (Å²) in [4.78, 5) is 0. The molecule has 0 aliphatic heterocycles. The van der Waals surface area contributed by atoms with Crippen LogP contribution in [0.1, 0.15) is 52.1 Å². The van der Waals surface area contributed by atoms with E-state index < -0.39 is 0 Å². The van der Waals surface area contributed by atoms with Crippen LogP contribution in [-0.4, -0.2) is 6.04 Å². The summed E-state index contributed by atoms with van der Waals surface area (Å²) in [7, 11) is 0. The van der Waals surface area contributed by atoms with Gasteiger partial charge in [-0.1, -0.05) is 57.2 Å². The van der Waals surface area contributed by atoms with Crippen LogP contribution in [0.5, 0.6) is 0 Å². The summed E-state index contributed by atoms with van der Waals surface area (Å²) < 4.78 is 0. The highest BCUT2D eigenvalue weighted by molar-refractivity contribution is 5.20. The number of hydrogen-bond donors (Lipinski definition) is 1. The number of allylic oxidation sites excluding steroid dienone is 1. The largest absolute Gasteiger partial charge is 0.307 e. The Labute approximate surface area is 112 Å². The van der Waals surface area contributed by atoms with Crippen LogP contribution in [0.3, 0.4) is 0 Å². The Morgan fingerprint density at radius 1 is 1.22 bits per heavy atom. The van der Waals surface area contributed by atoms with Crippen molar-refractivity contribution in [3.63, 3.8) is 0 Å². The molecule has 0 saturated carbocycles. The van der Waals surface area contributed by atoms with Gasteiger partial charge in [-0.25, -0.2) is 0 Å². The van der Waals surface area contributed by atoms with Gasteiger partial charge in [0.25, 0.3) is 0 Å². The Hall–Kier alpha value is -1.08. The second kappa shape index (κ2) is 6.75. The molecular weight excluding hydrogens is 218 g/mol. The van der Waals surface area contributed by atoms with E-state index in [4.69, 9.17) is 0 Å². The van der Waals surface area contributed by atoms with Crippen LogP contribution in [0.4, 0.5) is 0 Å². The van der Waals surface area contributed by atoms with Crippen LogP contribution in [-0.2, 0) is 0 Å². The molecule has 1 aromatic carbocycles. The lowest BCUT2D eigenvalue weighted by atomic mass is 9.82. The van der Waals surface area contributed by atoms with Crippen LogP contribution in [0.2, 0.25) is 0 Å². The van der Waals surface area contributed by atoms with Gasteiger partial charge in [-0.3, -0.25) is 0 Å². The Balaban J connectivity index is 2.78. The fraction of sp³-hybridized carbons (Fsp3) is 0.529. The van der Waals surface area contributed by atoms with E-state index >= 15 is 0 Å². The van der Waals surface area contributed by atoms with Crippen molar-refractivity contribution in [2.45, 2.75) is 52.6 Å². The van der Waals surface area contributed by atoms with E-state index in [1.54, 1.807) is 0 Å². The Morgan fingerprint density at radius 3 is 2.33 bits per heavy atom. The highest BCUT2D eigenvalue weighted by Gasteiger charge is 2.26. The third-order valence-electron chi connectivity index (χ3n) is 3.25. The maximum absolute atomic E-state index is 3.79. The summed E-state index contributed by atoms with van der Waals surface area (Å²) in [5.41, 5.74) is 1.58. The highest BCUT2D eigenvalue weighted by atomic mass is 15.0. The normalized spacial score (nSPS) is 15.1. The molecule has 0 aliphatic carbocycles. The van der Waals surface area contributed by atoms with E-state index in [-0.39, 0.29) is 5.41 Å². The quantitative estimate of drug-likeness (QED) is 0.715. The fourth-order valence-corrected chi connectivity index (χ4v) is 2.23. The lowest BCUT2D eigenvalue weighted by Gasteiger charge is -2.34. The van der Waals surface area contributed by atoms with Gasteiger partial charge in [0.2, 0.25) is 0 Å².